The molecule has 0 fully saturated rings. The van der Waals surface area contributed by atoms with Crippen molar-refractivity contribution in [1.82, 2.24) is 9.78 Å². The van der Waals surface area contributed by atoms with Crippen molar-refractivity contribution >= 4 is 61.4 Å². The lowest BCUT2D eigenvalue weighted by Gasteiger charge is -2.12. The van der Waals surface area contributed by atoms with E-state index in [1.807, 2.05) is 17.8 Å². The number of esters is 1. The number of nitrogens with one attached hydrogen (secondary N) is 2. The molecule has 0 radical (unpaired) electrons. The molecule has 1 aliphatic carbocycles. The van der Waals surface area contributed by atoms with E-state index in [-0.39, 0.29) is 5.97 Å². The summed E-state index contributed by atoms with van der Waals surface area (Å²) in [5.74, 6) is 0.339. The summed E-state index contributed by atoms with van der Waals surface area (Å²) in [5, 5.41) is 12.2. The molecule has 34 heavy (non-hydrogen) atoms. The average Bonchev–Trinajstić information content (AvgIpc) is 3.28. The number of rotatable bonds is 6. The Labute approximate surface area is 218 Å². The van der Waals surface area contributed by atoms with Crippen LogP contribution >= 0.6 is 39.5 Å². The van der Waals surface area contributed by atoms with Crippen LogP contribution in [0.1, 0.15) is 64.5 Å². The van der Waals surface area contributed by atoms with Crippen LogP contribution in [0.3, 0.4) is 0 Å². The molecule has 1 aromatic carbocycles. The van der Waals surface area contributed by atoms with E-state index < -0.39 is 0 Å². The van der Waals surface area contributed by atoms with Gasteiger partial charge in [-0.1, -0.05) is 42.7 Å². The normalized spacial score (nSPS) is 13.5. The molecule has 6 nitrogen and oxygen atoms in total. The van der Waals surface area contributed by atoms with E-state index in [1.54, 1.807) is 11.3 Å². The minimum absolute atomic E-state index is 0.283. The highest BCUT2D eigenvalue weighted by atomic mass is 79.9. The second-order valence-electron chi connectivity index (χ2n) is 8.43. The molecule has 2 heterocycles. The molecular weight excluding hydrogens is 532 g/mol. The van der Waals surface area contributed by atoms with Crippen LogP contribution < -0.4 is 10.6 Å². The zero-order chi connectivity index (χ0) is 24.1. The minimum Gasteiger partial charge on any atom is -0.462 e. The number of ether oxygens (including phenoxy) is 1. The maximum Gasteiger partial charge on any atom is 0.341 e. The quantitative estimate of drug-likeness (QED) is 0.258. The van der Waals surface area contributed by atoms with Gasteiger partial charge in [-0.05, 0) is 78.8 Å². The van der Waals surface area contributed by atoms with Crippen LogP contribution in [0.15, 0.2) is 34.9 Å². The van der Waals surface area contributed by atoms with Gasteiger partial charge in [0.1, 0.15) is 5.00 Å². The predicted octanol–water partition coefficient (Wildman–Crippen LogP) is 6.71. The van der Waals surface area contributed by atoms with Gasteiger partial charge < -0.3 is 15.4 Å². The number of halogens is 1. The first-order valence-corrected chi connectivity index (χ1v) is 13.6. The van der Waals surface area contributed by atoms with E-state index in [9.17, 15) is 4.79 Å². The molecule has 180 valence electrons. The Hall–Kier alpha value is -2.23. The fraction of sp³-hybridized carbons (Fsp3) is 0.400. The van der Waals surface area contributed by atoms with Crippen molar-refractivity contribution < 1.29 is 9.53 Å². The Morgan fingerprint density at radius 2 is 1.91 bits per heavy atom. The smallest absolute Gasteiger partial charge is 0.341 e. The number of nitrogens with zero attached hydrogens (tertiary/aromatic N) is 2. The highest BCUT2D eigenvalue weighted by Crippen LogP contribution is 2.37. The van der Waals surface area contributed by atoms with E-state index in [2.05, 4.69) is 62.9 Å². The molecule has 0 atom stereocenters. The Balaban J connectivity index is 1.50. The largest absolute Gasteiger partial charge is 0.462 e. The molecule has 0 bridgehead atoms. The molecule has 0 unspecified atom stereocenters. The molecule has 1 aliphatic rings. The van der Waals surface area contributed by atoms with Crippen LogP contribution in [0.25, 0.3) is 0 Å². The molecule has 3 aromatic rings. The fourth-order valence-corrected chi connectivity index (χ4v) is 6.07. The summed E-state index contributed by atoms with van der Waals surface area (Å²) < 4.78 is 8.07. The van der Waals surface area contributed by atoms with Gasteiger partial charge >= 0.3 is 5.97 Å². The number of fused-ring (bicyclic) bond motifs is 1. The lowest BCUT2D eigenvalue weighted by atomic mass is 9.96. The second kappa shape index (κ2) is 11.5. The Bertz CT molecular complexity index is 1170. The van der Waals surface area contributed by atoms with Crippen molar-refractivity contribution in [1.29, 1.82) is 0 Å². The summed E-state index contributed by atoms with van der Waals surface area (Å²) >= 11 is 10.8. The molecule has 0 amide bonds. The maximum absolute atomic E-state index is 12.8. The van der Waals surface area contributed by atoms with Crippen molar-refractivity contribution in [2.75, 3.05) is 17.2 Å². The molecule has 2 N–H and O–H groups in total. The highest BCUT2D eigenvalue weighted by Gasteiger charge is 2.26. The number of carbonyl (C=O) groups excluding carboxylic acids is 1. The molecule has 4 rings (SSSR count). The van der Waals surface area contributed by atoms with Crippen molar-refractivity contribution in [2.24, 2.45) is 0 Å². The van der Waals surface area contributed by atoms with E-state index in [0.717, 1.165) is 40.7 Å². The first-order chi connectivity index (χ1) is 16.4. The Morgan fingerprint density at radius 3 is 2.65 bits per heavy atom. The van der Waals surface area contributed by atoms with Crippen LogP contribution in [0.2, 0.25) is 0 Å². The first kappa shape index (κ1) is 24.9. The van der Waals surface area contributed by atoms with Crippen LogP contribution in [0, 0.1) is 6.92 Å². The van der Waals surface area contributed by atoms with E-state index >= 15 is 0 Å². The van der Waals surface area contributed by atoms with Gasteiger partial charge in [0.15, 0.2) is 10.9 Å². The van der Waals surface area contributed by atoms with Gasteiger partial charge in [0.25, 0.3) is 0 Å². The van der Waals surface area contributed by atoms with Gasteiger partial charge in [-0.25, -0.2) is 4.79 Å². The average molecular weight is 562 g/mol. The Kier molecular flexibility index (Phi) is 8.39. The van der Waals surface area contributed by atoms with E-state index in [0.29, 0.717) is 29.6 Å². The molecule has 0 aliphatic heterocycles. The van der Waals surface area contributed by atoms with Gasteiger partial charge in [0.05, 0.1) is 23.2 Å². The van der Waals surface area contributed by atoms with Crippen molar-refractivity contribution in [3.05, 3.63) is 62.1 Å². The second-order valence-corrected chi connectivity index (χ2v) is 10.8. The van der Waals surface area contributed by atoms with E-state index in [1.165, 1.54) is 28.8 Å². The molecule has 0 saturated heterocycles. The monoisotopic (exact) mass is 560 g/mol. The number of aromatic nitrogens is 2. The topological polar surface area (TPSA) is 68.2 Å². The van der Waals surface area contributed by atoms with Gasteiger partial charge in [-0.15, -0.1) is 11.3 Å². The number of hydrogen-bond acceptors (Lipinski definition) is 5. The maximum atomic E-state index is 12.8. The third-order valence-electron chi connectivity index (χ3n) is 5.79. The SMILES string of the molecule is CCOC(=O)c1c(NC(=S)Nc2nn(Cc3ccc(C)cc3)cc2Br)sc2c1CCCCCC2. The van der Waals surface area contributed by atoms with Crippen LogP contribution in [-0.2, 0) is 24.1 Å². The van der Waals surface area contributed by atoms with Crippen molar-refractivity contribution in [3.8, 4) is 0 Å². The predicted molar refractivity (Wildman–Crippen MR) is 146 cm³/mol. The summed E-state index contributed by atoms with van der Waals surface area (Å²) in [6.45, 7) is 4.91. The van der Waals surface area contributed by atoms with Gasteiger partial charge in [-0.3, -0.25) is 4.68 Å². The third-order valence-corrected chi connectivity index (χ3v) is 7.78. The summed E-state index contributed by atoms with van der Waals surface area (Å²) in [4.78, 5) is 14.1. The summed E-state index contributed by atoms with van der Waals surface area (Å²) in [7, 11) is 0. The number of benzene rings is 1. The standard InChI is InChI=1S/C25H29BrN4O2S2/c1-3-32-24(31)21-18-8-6-4-5-7-9-20(18)34-23(21)28-25(33)27-22-19(26)15-30(29-22)14-17-12-10-16(2)11-13-17/h10-13,15H,3-9,14H2,1-2H3,(H2,27,28,29,33). The van der Waals surface area contributed by atoms with Gasteiger partial charge in [-0.2, -0.15) is 5.10 Å². The number of thiophene rings is 1. The molecule has 2 aromatic heterocycles. The molecule has 0 saturated carbocycles. The van der Waals surface area contributed by atoms with Gasteiger partial charge in [0.2, 0.25) is 0 Å². The lowest BCUT2D eigenvalue weighted by Crippen LogP contribution is -2.21. The summed E-state index contributed by atoms with van der Waals surface area (Å²) in [6, 6.07) is 8.39. The van der Waals surface area contributed by atoms with Gasteiger partial charge in [0, 0.05) is 11.1 Å². The van der Waals surface area contributed by atoms with Crippen LogP contribution in [0.5, 0.6) is 0 Å². The summed E-state index contributed by atoms with van der Waals surface area (Å²) in [6.07, 6.45) is 8.46. The molecule has 9 heteroatoms. The summed E-state index contributed by atoms with van der Waals surface area (Å²) in [5.41, 5.74) is 4.16. The number of thiocarbonyl (C=S) groups is 1. The number of hydrogen-bond donors (Lipinski definition) is 2. The third kappa shape index (κ3) is 6.06. The molecule has 0 spiro atoms. The minimum atomic E-state index is -0.283. The van der Waals surface area contributed by atoms with Crippen molar-refractivity contribution in [2.45, 2.75) is 58.9 Å². The van der Waals surface area contributed by atoms with Crippen LogP contribution in [0.4, 0.5) is 10.8 Å². The van der Waals surface area contributed by atoms with Crippen LogP contribution in [-0.4, -0.2) is 27.5 Å². The molecular formula is C25H29BrN4O2S2. The zero-order valence-corrected chi connectivity index (χ0v) is 22.7. The number of anilines is 2. The number of aryl methyl sites for hydroxylation is 2. The highest BCUT2D eigenvalue weighted by molar-refractivity contribution is 9.10. The van der Waals surface area contributed by atoms with E-state index in [4.69, 9.17) is 17.0 Å². The zero-order valence-electron chi connectivity index (χ0n) is 19.4. The number of carbonyl (C=O) groups is 1. The van der Waals surface area contributed by atoms with Crippen molar-refractivity contribution in [3.63, 3.8) is 0 Å². The first-order valence-electron chi connectivity index (χ1n) is 11.6. The fourth-order valence-electron chi connectivity index (χ4n) is 4.11. The lowest BCUT2D eigenvalue weighted by molar-refractivity contribution is 0.0526. The Morgan fingerprint density at radius 1 is 1.18 bits per heavy atom.